The highest BCUT2D eigenvalue weighted by Gasteiger charge is 2.45. The smallest absolute Gasteiger partial charge is 0.306 e. The fraction of sp³-hybridized carbons (Fsp3) is 0.562. The van der Waals surface area contributed by atoms with Gasteiger partial charge in [-0.1, -0.05) is 23.7 Å². The number of halogens is 1. The molecule has 13 heteroatoms. The summed E-state index contributed by atoms with van der Waals surface area (Å²) in [7, 11) is 2.69. The van der Waals surface area contributed by atoms with Crippen molar-refractivity contribution >= 4 is 23.5 Å². The molecule has 1 amide bonds. The maximum atomic E-state index is 13.2. The van der Waals surface area contributed by atoms with Crippen molar-refractivity contribution < 1.29 is 53.3 Å². The molecule has 3 rings (SSSR count). The van der Waals surface area contributed by atoms with Crippen molar-refractivity contribution in [3.8, 4) is 17.2 Å². The Morgan fingerprint density at radius 1 is 1.00 bits per heavy atom. The minimum atomic E-state index is -1.47. The van der Waals surface area contributed by atoms with Crippen LogP contribution in [-0.4, -0.2) is 90.9 Å². The Morgan fingerprint density at radius 3 is 2.42 bits per heavy atom. The first-order chi connectivity index (χ1) is 21.4. The summed E-state index contributed by atoms with van der Waals surface area (Å²) in [6, 6.07) is 9.13. The molecule has 0 spiro atoms. The second kappa shape index (κ2) is 17.0. The Kier molecular flexibility index (Phi) is 13.7. The van der Waals surface area contributed by atoms with Crippen LogP contribution in [0.4, 0.5) is 0 Å². The summed E-state index contributed by atoms with van der Waals surface area (Å²) < 4.78 is 33.2. The summed E-state index contributed by atoms with van der Waals surface area (Å²) in [5.74, 6) is 0.250. The number of amides is 1. The molecule has 0 unspecified atom stereocenters. The largest absolute Gasteiger partial charge is 0.496 e. The molecule has 5 atom stereocenters. The second-order valence-corrected chi connectivity index (χ2v) is 12.0. The molecule has 2 aromatic rings. The number of nitrogens with one attached hydrogen (secondary N) is 1. The number of hydrogen-bond donors (Lipinski definition) is 4. The zero-order valence-corrected chi connectivity index (χ0v) is 27.0. The number of rotatable bonds is 15. The molecular weight excluding hydrogens is 610 g/mol. The number of esters is 1. The van der Waals surface area contributed by atoms with Crippen molar-refractivity contribution in [3.63, 3.8) is 0 Å². The van der Waals surface area contributed by atoms with E-state index in [0.29, 0.717) is 18.8 Å². The molecular formula is C32H44ClNO11. The lowest BCUT2D eigenvalue weighted by Gasteiger charge is -2.41. The van der Waals surface area contributed by atoms with E-state index in [2.05, 4.69) is 5.32 Å². The molecule has 0 aliphatic carbocycles. The third-order valence-electron chi connectivity index (χ3n) is 6.92. The first-order valence-corrected chi connectivity index (χ1v) is 15.1. The van der Waals surface area contributed by atoms with Crippen molar-refractivity contribution in [1.82, 2.24) is 5.32 Å². The number of aliphatic hydroxyl groups excluding tert-OH is 3. The lowest BCUT2D eigenvalue weighted by Crippen LogP contribution is -2.64. The van der Waals surface area contributed by atoms with Gasteiger partial charge in [-0.05, 0) is 63.8 Å². The lowest BCUT2D eigenvalue weighted by atomic mass is 9.96. The predicted octanol–water partition coefficient (Wildman–Crippen LogP) is 3.39. The maximum Gasteiger partial charge on any atom is 0.306 e. The van der Waals surface area contributed by atoms with E-state index in [4.69, 9.17) is 40.0 Å². The first-order valence-electron chi connectivity index (χ1n) is 14.8. The molecule has 250 valence electrons. The third-order valence-corrected chi connectivity index (χ3v) is 7.21. The van der Waals surface area contributed by atoms with Gasteiger partial charge in [0.25, 0.3) is 5.91 Å². The van der Waals surface area contributed by atoms with E-state index in [0.717, 1.165) is 24.8 Å². The molecule has 1 aliphatic heterocycles. The standard InChI is InChI=1S/C32H44ClNO11/c1-32(2,3)45-26(36)12-7-6-8-13-42-20-11-9-10-19(14-20)18-43-24-16-23(40-4)21(15-22(24)33)30(39)34-27-29(38)28(37)25(17-35)44-31(27)41-5/h9-11,14-16,25,27-29,31,35,37-38H,6-8,12-13,17-18H2,1-5H3,(H,34,39)/t25-,27-,28-,29-,31+/m1/s1. The summed E-state index contributed by atoms with van der Waals surface area (Å²) in [5, 5.41) is 32.9. The number of ether oxygens (including phenoxy) is 6. The molecule has 1 saturated heterocycles. The van der Waals surface area contributed by atoms with Gasteiger partial charge in [0.2, 0.25) is 0 Å². The predicted molar refractivity (Wildman–Crippen MR) is 165 cm³/mol. The molecule has 0 radical (unpaired) electrons. The Bertz CT molecular complexity index is 1270. The van der Waals surface area contributed by atoms with Crippen LogP contribution in [0.2, 0.25) is 5.02 Å². The van der Waals surface area contributed by atoms with Crippen molar-refractivity contribution in [2.45, 2.75) is 89.3 Å². The Morgan fingerprint density at radius 2 is 1.76 bits per heavy atom. The molecule has 1 fully saturated rings. The summed E-state index contributed by atoms with van der Waals surface area (Å²) in [4.78, 5) is 25.0. The van der Waals surface area contributed by atoms with Gasteiger partial charge in [0.15, 0.2) is 6.29 Å². The molecule has 2 aromatic carbocycles. The molecule has 0 aromatic heterocycles. The van der Waals surface area contributed by atoms with Crippen molar-refractivity contribution in [1.29, 1.82) is 0 Å². The fourth-order valence-electron chi connectivity index (χ4n) is 4.68. The molecule has 0 saturated carbocycles. The van der Waals surface area contributed by atoms with Gasteiger partial charge in [0.1, 0.15) is 53.8 Å². The number of aliphatic hydroxyl groups is 3. The molecule has 1 heterocycles. The highest BCUT2D eigenvalue weighted by atomic mass is 35.5. The zero-order valence-electron chi connectivity index (χ0n) is 26.3. The SMILES string of the molecule is COc1cc(OCc2cccc(OCCCCCC(=O)OC(C)(C)C)c2)c(Cl)cc1C(=O)N[C@H]1[C@@H](OC)O[C@H](CO)[C@@H](O)[C@@H]1O. The average molecular weight is 654 g/mol. The van der Waals surface area contributed by atoms with Crippen LogP contribution in [0.3, 0.4) is 0 Å². The van der Waals surface area contributed by atoms with Gasteiger partial charge >= 0.3 is 5.97 Å². The van der Waals surface area contributed by atoms with Crippen LogP contribution in [0.5, 0.6) is 17.2 Å². The van der Waals surface area contributed by atoms with Crippen molar-refractivity contribution in [2.24, 2.45) is 0 Å². The highest BCUT2D eigenvalue weighted by Crippen LogP contribution is 2.34. The number of hydrogen-bond acceptors (Lipinski definition) is 11. The number of unbranched alkanes of at least 4 members (excludes halogenated alkanes) is 2. The van der Waals surface area contributed by atoms with E-state index in [1.54, 1.807) is 0 Å². The van der Waals surface area contributed by atoms with Gasteiger partial charge in [0.05, 0.1) is 30.9 Å². The summed E-state index contributed by atoms with van der Waals surface area (Å²) >= 11 is 6.47. The van der Waals surface area contributed by atoms with Gasteiger partial charge in [-0.2, -0.15) is 0 Å². The monoisotopic (exact) mass is 653 g/mol. The second-order valence-electron chi connectivity index (χ2n) is 11.6. The molecule has 12 nitrogen and oxygen atoms in total. The molecule has 4 N–H and O–H groups in total. The van der Waals surface area contributed by atoms with Crippen LogP contribution in [0.1, 0.15) is 62.4 Å². The van der Waals surface area contributed by atoms with Crippen LogP contribution in [-0.2, 0) is 25.6 Å². The van der Waals surface area contributed by atoms with Gasteiger partial charge in [-0.15, -0.1) is 0 Å². The van der Waals surface area contributed by atoms with E-state index in [1.807, 2.05) is 45.0 Å². The lowest BCUT2D eigenvalue weighted by molar-refractivity contribution is -0.261. The van der Waals surface area contributed by atoms with Crippen molar-refractivity contribution in [3.05, 3.63) is 52.5 Å². The Hall–Kier alpha value is -3.13. The van der Waals surface area contributed by atoms with E-state index in [9.17, 15) is 24.9 Å². The van der Waals surface area contributed by atoms with E-state index in [1.165, 1.54) is 26.4 Å². The Labute approximate surface area is 268 Å². The summed E-state index contributed by atoms with van der Waals surface area (Å²) in [5.41, 5.74) is 0.401. The van der Waals surface area contributed by atoms with E-state index in [-0.39, 0.29) is 34.7 Å². The molecule has 1 aliphatic rings. The van der Waals surface area contributed by atoms with Gasteiger partial charge in [-0.3, -0.25) is 9.59 Å². The maximum absolute atomic E-state index is 13.2. The summed E-state index contributed by atoms with van der Waals surface area (Å²) in [6.07, 6.45) is -2.39. The third kappa shape index (κ3) is 10.7. The van der Waals surface area contributed by atoms with Gasteiger partial charge < -0.3 is 49.1 Å². The Balaban J connectivity index is 1.55. The number of carbonyl (C=O) groups excluding carboxylic acids is 2. The van der Waals surface area contributed by atoms with Crippen molar-refractivity contribution in [2.75, 3.05) is 27.4 Å². The topological polar surface area (TPSA) is 162 Å². The zero-order chi connectivity index (χ0) is 33.1. The fourth-order valence-corrected chi connectivity index (χ4v) is 4.89. The van der Waals surface area contributed by atoms with E-state index >= 15 is 0 Å². The quantitative estimate of drug-likeness (QED) is 0.165. The van der Waals surface area contributed by atoms with Crippen LogP contribution in [0, 0.1) is 0 Å². The number of methoxy groups -OCH3 is 2. The van der Waals surface area contributed by atoms with Gasteiger partial charge in [-0.25, -0.2) is 0 Å². The highest BCUT2D eigenvalue weighted by molar-refractivity contribution is 6.32. The van der Waals surface area contributed by atoms with Crippen LogP contribution < -0.4 is 19.5 Å². The average Bonchev–Trinajstić information content (AvgIpc) is 2.99. The van der Waals surface area contributed by atoms with Crippen LogP contribution in [0.25, 0.3) is 0 Å². The minimum absolute atomic E-state index is 0.0529. The first kappa shape index (κ1) is 36.3. The number of benzene rings is 2. The van der Waals surface area contributed by atoms with Crippen LogP contribution in [0.15, 0.2) is 36.4 Å². The number of carbonyl (C=O) groups is 2. The molecule has 0 bridgehead atoms. The summed E-state index contributed by atoms with van der Waals surface area (Å²) in [6.45, 7) is 5.67. The van der Waals surface area contributed by atoms with Crippen LogP contribution >= 0.6 is 11.6 Å². The van der Waals surface area contributed by atoms with Gasteiger partial charge in [0, 0.05) is 19.6 Å². The normalized spacial score (nSPS) is 21.6. The van der Waals surface area contributed by atoms with E-state index < -0.39 is 48.8 Å². The minimum Gasteiger partial charge on any atom is -0.496 e. The molecule has 45 heavy (non-hydrogen) atoms.